The van der Waals surface area contributed by atoms with Crippen LogP contribution in [0.25, 0.3) is 0 Å². The molecule has 0 atom stereocenters. The Hall–Kier alpha value is -1.07. The first kappa shape index (κ1) is 15.3. The minimum atomic E-state index is 0.0219. The van der Waals surface area contributed by atoms with E-state index in [0.29, 0.717) is 30.3 Å². The van der Waals surface area contributed by atoms with Gasteiger partial charge in [-0.1, -0.05) is 15.9 Å². The van der Waals surface area contributed by atoms with Crippen LogP contribution in [0.15, 0.2) is 16.6 Å². The molecule has 110 valence electrons. The molecule has 0 radical (unpaired) electrons. The van der Waals surface area contributed by atoms with Crippen molar-refractivity contribution in [2.75, 3.05) is 18.9 Å². The number of hydrogen-bond acceptors (Lipinski definition) is 3. The predicted molar refractivity (Wildman–Crippen MR) is 83.7 cm³/mol. The lowest BCUT2D eigenvalue weighted by Crippen LogP contribution is -2.45. The van der Waals surface area contributed by atoms with Crippen molar-refractivity contribution in [3.05, 3.63) is 27.7 Å². The van der Waals surface area contributed by atoms with Gasteiger partial charge in [0.1, 0.15) is 0 Å². The quantitative estimate of drug-likeness (QED) is 0.810. The van der Waals surface area contributed by atoms with Crippen LogP contribution in [0.1, 0.15) is 41.6 Å². The summed E-state index contributed by atoms with van der Waals surface area (Å²) in [7, 11) is 0. The van der Waals surface area contributed by atoms with Crippen LogP contribution in [0.3, 0.4) is 0 Å². The zero-order valence-corrected chi connectivity index (χ0v) is 13.3. The first-order valence-electron chi connectivity index (χ1n) is 7.02. The van der Waals surface area contributed by atoms with Gasteiger partial charge in [-0.15, -0.1) is 0 Å². The highest BCUT2D eigenvalue weighted by Gasteiger charge is 2.30. The molecule has 20 heavy (non-hydrogen) atoms. The van der Waals surface area contributed by atoms with E-state index in [4.69, 9.17) is 10.8 Å². The number of amides is 1. The van der Waals surface area contributed by atoms with Gasteiger partial charge < -0.3 is 15.7 Å². The molecule has 0 aliphatic heterocycles. The Labute approximate surface area is 128 Å². The second-order valence-corrected chi connectivity index (χ2v) is 6.24. The van der Waals surface area contributed by atoms with Gasteiger partial charge >= 0.3 is 0 Å². The average Bonchev–Trinajstić information content (AvgIpc) is 2.35. The van der Waals surface area contributed by atoms with Crippen LogP contribution in [0.2, 0.25) is 0 Å². The number of aliphatic hydroxyl groups is 1. The van der Waals surface area contributed by atoms with Crippen LogP contribution < -0.4 is 5.73 Å². The molecule has 1 saturated carbocycles. The third-order valence-electron chi connectivity index (χ3n) is 3.98. The second kappa shape index (κ2) is 6.59. The summed E-state index contributed by atoms with van der Waals surface area (Å²) >= 11 is 3.39. The van der Waals surface area contributed by atoms with Gasteiger partial charge in [-0.05, 0) is 50.3 Å². The normalized spacial score (nSPS) is 14.9. The second-order valence-electron chi connectivity index (χ2n) is 5.33. The lowest BCUT2D eigenvalue weighted by molar-refractivity contribution is 0.0562. The van der Waals surface area contributed by atoms with Crippen molar-refractivity contribution in [2.45, 2.75) is 38.6 Å². The number of anilines is 1. The molecule has 0 bridgehead atoms. The average molecular weight is 341 g/mol. The molecule has 0 saturated heterocycles. The molecular weight excluding hydrogens is 320 g/mol. The van der Waals surface area contributed by atoms with E-state index in [1.165, 1.54) is 6.42 Å². The van der Waals surface area contributed by atoms with Crippen molar-refractivity contribution in [1.82, 2.24) is 4.90 Å². The van der Waals surface area contributed by atoms with Crippen LogP contribution in [0.5, 0.6) is 0 Å². The maximum atomic E-state index is 12.8. The number of nitrogens with zero attached hydrogens (tertiary/aromatic N) is 1. The number of benzene rings is 1. The van der Waals surface area contributed by atoms with Gasteiger partial charge in [-0.25, -0.2) is 0 Å². The molecule has 0 spiro atoms. The van der Waals surface area contributed by atoms with Gasteiger partial charge in [-0.2, -0.15) is 0 Å². The monoisotopic (exact) mass is 340 g/mol. The van der Waals surface area contributed by atoms with Gasteiger partial charge in [-0.3, -0.25) is 4.79 Å². The fourth-order valence-corrected chi connectivity index (χ4v) is 2.94. The predicted octanol–water partition coefficient (Wildman–Crippen LogP) is 2.72. The number of halogens is 1. The van der Waals surface area contributed by atoms with Crippen LogP contribution in [-0.2, 0) is 0 Å². The van der Waals surface area contributed by atoms with Crippen molar-refractivity contribution in [1.29, 1.82) is 0 Å². The number of carbonyl (C=O) groups is 1. The standard InChI is InChI=1S/C15H21BrN2O2/c1-10-13(8-11(16)9-14(10)17)15(20)18(6-3-7-19)12-4-2-5-12/h8-9,12,19H,2-7,17H2,1H3. The summed E-state index contributed by atoms with van der Waals surface area (Å²) in [5.41, 5.74) is 8.04. The van der Waals surface area contributed by atoms with Crippen molar-refractivity contribution < 1.29 is 9.90 Å². The molecule has 5 heteroatoms. The molecule has 1 aromatic carbocycles. The smallest absolute Gasteiger partial charge is 0.254 e. The van der Waals surface area contributed by atoms with E-state index in [1.54, 1.807) is 0 Å². The maximum absolute atomic E-state index is 12.8. The van der Waals surface area contributed by atoms with E-state index in [-0.39, 0.29) is 12.5 Å². The highest BCUT2D eigenvalue weighted by atomic mass is 79.9. The molecule has 3 N–H and O–H groups in total. The van der Waals surface area contributed by atoms with Crippen LogP contribution in [0.4, 0.5) is 5.69 Å². The molecule has 1 amide bonds. The molecule has 0 aromatic heterocycles. The van der Waals surface area contributed by atoms with Crippen molar-refractivity contribution in [3.8, 4) is 0 Å². The molecule has 1 aliphatic rings. The minimum Gasteiger partial charge on any atom is -0.398 e. The molecular formula is C15H21BrN2O2. The summed E-state index contributed by atoms with van der Waals surface area (Å²) in [6.45, 7) is 2.59. The Balaban J connectivity index is 2.26. The number of nitrogens with two attached hydrogens (primary N) is 1. The number of rotatable bonds is 5. The lowest BCUT2D eigenvalue weighted by Gasteiger charge is -2.38. The first-order valence-corrected chi connectivity index (χ1v) is 7.81. The number of carbonyl (C=O) groups excluding carboxylic acids is 1. The highest BCUT2D eigenvalue weighted by Crippen LogP contribution is 2.29. The third kappa shape index (κ3) is 3.15. The van der Waals surface area contributed by atoms with Crippen molar-refractivity contribution in [2.24, 2.45) is 0 Å². The third-order valence-corrected chi connectivity index (χ3v) is 4.43. The summed E-state index contributed by atoms with van der Waals surface area (Å²) < 4.78 is 0.819. The van der Waals surface area contributed by atoms with Gasteiger partial charge in [0, 0.05) is 34.9 Å². The number of nitrogen functional groups attached to an aromatic ring is 1. The SMILES string of the molecule is Cc1c(N)cc(Br)cc1C(=O)N(CCCO)C1CCC1. The van der Waals surface area contributed by atoms with E-state index < -0.39 is 0 Å². The molecule has 2 rings (SSSR count). The van der Waals surface area contributed by atoms with E-state index in [0.717, 1.165) is 22.9 Å². The zero-order valence-electron chi connectivity index (χ0n) is 11.7. The highest BCUT2D eigenvalue weighted by molar-refractivity contribution is 9.10. The fraction of sp³-hybridized carbons (Fsp3) is 0.533. The topological polar surface area (TPSA) is 66.6 Å². The Morgan fingerprint density at radius 2 is 2.20 bits per heavy atom. The summed E-state index contributed by atoms with van der Waals surface area (Å²) in [5, 5.41) is 9.02. The van der Waals surface area contributed by atoms with Gasteiger partial charge in [0.05, 0.1) is 0 Å². The number of hydrogen-bond donors (Lipinski definition) is 2. The van der Waals surface area contributed by atoms with E-state index in [1.807, 2.05) is 24.0 Å². The minimum absolute atomic E-state index is 0.0219. The van der Waals surface area contributed by atoms with Gasteiger partial charge in [0.15, 0.2) is 0 Å². The van der Waals surface area contributed by atoms with E-state index in [2.05, 4.69) is 15.9 Å². The summed E-state index contributed by atoms with van der Waals surface area (Å²) in [6.07, 6.45) is 3.90. The van der Waals surface area contributed by atoms with Crippen LogP contribution in [0, 0.1) is 6.92 Å². The molecule has 1 aliphatic carbocycles. The van der Waals surface area contributed by atoms with Crippen molar-refractivity contribution in [3.63, 3.8) is 0 Å². The first-order chi connectivity index (χ1) is 9.54. The lowest BCUT2D eigenvalue weighted by atomic mass is 9.90. The van der Waals surface area contributed by atoms with E-state index in [9.17, 15) is 4.79 Å². The molecule has 1 fully saturated rings. The number of aliphatic hydroxyl groups excluding tert-OH is 1. The van der Waals surface area contributed by atoms with Crippen molar-refractivity contribution >= 4 is 27.5 Å². The molecule has 0 unspecified atom stereocenters. The van der Waals surface area contributed by atoms with Crippen LogP contribution >= 0.6 is 15.9 Å². The maximum Gasteiger partial charge on any atom is 0.254 e. The Morgan fingerprint density at radius 3 is 2.75 bits per heavy atom. The van der Waals surface area contributed by atoms with Gasteiger partial charge in [0.25, 0.3) is 5.91 Å². The molecule has 1 aromatic rings. The van der Waals surface area contributed by atoms with E-state index >= 15 is 0 Å². The summed E-state index contributed by atoms with van der Waals surface area (Å²) in [6, 6.07) is 3.96. The Kier molecular flexibility index (Phi) is 5.05. The Bertz CT molecular complexity index is 501. The molecule has 4 nitrogen and oxygen atoms in total. The van der Waals surface area contributed by atoms with Crippen LogP contribution in [-0.4, -0.2) is 35.1 Å². The van der Waals surface area contributed by atoms with Gasteiger partial charge in [0.2, 0.25) is 0 Å². The fourth-order valence-electron chi connectivity index (χ4n) is 2.47. The zero-order chi connectivity index (χ0) is 14.7. The molecule has 0 heterocycles. The summed E-state index contributed by atoms with van der Waals surface area (Å²) in [4.78, 5) is 14.7. The summed E-state index contributed by atoms with van der Waals surface area (Å²) in [5.74, 6) is 0.0219. The Morgan fingerprint density at radius 1 is 1.50 bits per heavy atom. The largest absolute Gasteiger partial charge is 0.398 e.